The summed E-state index contributed by atoms with van der Waals surface area (Å²) in [7, 11) is 0. The third-order valence-corrected chi connectivity index (χ3v) is 5.33. The molecule has 1 atom stereocenters. The van der Waals surface area contributed by atoms with Crippen LogP contribution < -0.4 is 5.73 Å². The van der Waals surface area contributed by atoms with E-state index in [1.807, 2.05) is 18.5 Å². The maximum atomic E-state index is 6.13. The van der Waals surface area contributed by atoms with Gasteiger partial charge in [0, 0.05) is 24.1 Å². The molecule has 3 heteroatoms. The predicted octanol–water partition coefficient (Wildman–Crippen LogP) is 3.87. The van der Waals surface area contributed by atoms with Crippen LogP contribution in [0.4, 0.5) is 5.69 Å². The molecule has 128 valence electrons. The lowest BCUT2D eigenvalue weighted by Crippen LogP contribution is -2.40. The Morgan fingerprint density at radius 1 is 1.17 bits per heavy atom. The zero-order valence-corrected chi connectivity index (χ0v) is 14.7. The monoisotopic (exact) mass is 323 g/mol. The van der Waals surface area contributed by atoms with E-state index in [-0.39, 0.29) is 0 Å². The first-order valence-corrected chi connectivity index (χ1v) is 9.27. The van der Waals surface area contributed by atoms with E-state index in [2.05, 4.69) is 41.1 Å². The van der Waals surface area contributed by atoms with E-state index in [0.717, 1.165) is 31.5 Å². The highest BCUT2D eigenvalue weighted by atomic mass is 15.1. The van der Waals surface area contributed by atoms with Crippen LogP contribution in [-0.2, 0) is 19.3 Å². The van der Waals surface area contributed by atoms with E-state index in [0.29, 0.717) is 6.04 Å². The summed E-state index contributed by atoms with van der Waals surface area (Å²) in [5, 5.41) is 0. The van der Waals surface area contributed by atoms with Gasteiger partial charge in [-0.3, -0.25) is 4.98 Å². The minimum absolute atomic E-state index is 0.672. The fourth-order valence-electron chi connectivity index (χ4n) is 3.92. The molecular weight excluding hydrogens is 294 g/mol. The van der Waals surface area contributed by atoms with Gasteiger partial charge in [0.1, 0.15) is 0 Å². The van der Waals surface area contributed by atoms with Gasteiger partial charge in [0.05, 0.1) is 0 Å². The fourth-order valence-corrected chi connectivity index (χ4v) is 3.92. The Bertz CT molecular complexity index is 639. The van der Waals surface area contributed by atoms with Gasteiger partial charge in [0.25, 0.3) is 0 Å². The molecule has 1 aliphatic rings. The van der Waals surface area contributed by atoms with E-state index in [1.165, 1.54) is 42.5 Å². The summed E-state index contributed by atoms with van der Waals surface area (Å²) >= 11 is 0. The predicted molar refractivity (Wildman–Crippen MR) is 101 cm³/mol. The van der Waals surface area contributed by atoms with Gasteiger partial charge in [-0.2, -0.15) is 0 Å². The number of rotatable bonds is 7. The van der Waals surface area contributed by atoms with Gasteiger partial charge in [-0.15, -0.1) is 0 Å². The largest absolute Gasteiger partial charge is 0.398 e. The van der Waals surface area contributed by atoms with E-state index >= 15 is 0 Å². The van der Waals surface area contributed by atoms with Gasteiger partial charge in [-0.25, -0.2) is 0 Å². The number of unbranched alkanes of at least 4 members (excludes halogenated alkanes) is 1. The van der Waals surface area contributed by atoms with Gasteiger partial charge in [-0.05, 0) is 86.5 Å². The number of hydrogen-bond donors (Lipinski definition) is 1. The average molecular weight is 323 g/mol. The Morgan fingerprint density at radius 2 is 2.00 bits per heavy atom. The van der Waals surface area contributed by atoms with Crippen LogP contribution in [0, 0.1) is 0 Å². The normalized spacial score (nSPS) is 17.0. The minimum Gasteiger partial charge on any atom is -0.398 e. The SMILES string of the molecule is CCN(CCCCc1ccncc1)C1CCc2c(N)cccc2C1. The van der Waals surface area contributed by atoms with Crippen molar-refractivity contribution in [3.05, 3.63) is 59.4 Å². The summed E-state index contributed by atoms with van der Waals surface area (Å²) in [4.78, 5) is 6.75. The van der Waals surface area contributed by atoms with Crippen molar-refractivity contribution in [1.82, 2.24) is 9.88 Å². The number of likely N-dealkylation sites (N-methyl/N-ethyl adjacent to an activating group) is 1. The molecular formula is C21H29N3. The molecule has 1 aromatic carbocycles. The van der Waals surface area contributed by atoms with E-state index < -0.39 is 0 Å². The van der Waals surface area contributed by atoms with Crippen LogP contribution in [0.15, 0.2) is 42.7 Å². The Kier molecular flexibility index (Phi) is 5.86. The highest BCUT2D eigenvalue weighted by molar-refractivity contribution is 5.52. The maximum Gasteiger partial charge on any atom is 0.0349 e. The summed E-state index contributed by atoms with van der Waals surface area (Å²) in [6.07, 6.45) is 11.0. The number of anilines is 1. The molecule has 1 aliphatic carbocycles. The Balaban J connectivity index is 1.50. The Hall–Kier alpha value is -1.87. The van der Waals surface area contributed by atoms with Crippen molar-refractivity contribution in [2.75, 3.05) is 18.8 Å². The fraction of sp³-hybridized carbons (Fsp3) is 0.476. The average Bonchev–Trinajstić information content (AvgIpc) is 2.63. The smallest absolute Gasteiger partial charge is 0.0349 e. The molecule has 0 spiro atoms. The molecule has 0 saturated carbocycles. The van der Waals surface area contributed by atoms with Gasteiger partial charge in [0.15, 0.2) is 0 Å². The molecule has 2 aromatic rings. The number of hydrogen-bond acceptors (Lipinski definition) is 3. The van der Waals surface area contributed by atoms with Crippen molar-refractivity contribution in [3.63, 3.8) is 0 Å². The number of aromatic nitrogens is 1. The first-order chi connectivity index (χ1) is 11.8. The van der Waals surface area contributed by atoms with Crippen LogP contribution in [0.1, 0.15) is 42.9 Å². The molecule has 0 aliphatic heterocycles. The molecule has 1 aromatic heterocycles. The van der Waals surface area contributed by atoms with Crippen molar-refractivity contribution >= 4 is 5.69 Å². The lowest BCUT2D eigenvalue weighted by Gasteiger charge is -2.35. The van der Waals surface area contributed by atoms with Crippen molar-refractivity contribution in [1.29, 1.82) is 0 Å². The molecule has 2 N–H and O–H groups in total. The zero-order valence-electron chi connectivity index (χ0n) is 14.7. The molecule has 0 bridgehead atoms. The van der Waals surface area contributed by atoms with Gasteiger partial charge in [0.2, 0.25) is 0 Å². The maximum absolute atomic E-state index is 6.13. The van der Waals surface area contributed by atoms with E-state index in [1.54, 1.807) is 0 Å². The summed E-state index contributed by atoms with van der Waals surface area (Å²) in [6.45, 7) is 4.62. The van der Waals surface area contributed by atoms with Crippen molar-refractivity contribution < 1.29 is 0 Å². The summed E-state index contributed by atoms with van der Waals surface area (Å²) < 4.78 is 0. The standard InChI is InChI=1S/C21H29N3/c1-2-24(15-4-3-6-17-11-13-23-14-12-17)19-9-10-20-18(16-19)7-5-8-21(20)22/h5,7-8,11-14,19H,2-4,6,9-10,15-16,22H2,1H3. The van der Waals surface area contributed by atoms with Crippen molar-refractivity contribution in [3.8, 4) is 0 Å². The van der Waals surface area contributed by atoms with E-state index in [4.69, 9.17) is 5.73 Å². The molecule has 3 nitrogen and oxygen atoms in total. The second kappa shape index (κ2) is 8.29. The molecule has 3 rings (SSSR count). The molecule has 0 amide bonds. The number of pyridine rings is 1. The van der Waals surface area contributed by atoms with Crippen LogP contribution >= 0.6 is 0 Å². The third-order valence-electron chi connectivity index (χ3n) is 5.33. The second-order valence-corrected chi connectivity index (χ2v) is 6.82. The minimum atomic E-state index is 0.672. The highest BCUT2D eigenvalue weighted by Crippen LogP contribution is 2.28. The number of aryl methyl sites for hydroxylation is 1. The molecule has 1 heterocycles. The van der Waals surface area contributed by atoms with Crippen LogP contribution in [-0.4, -0.2) is 29.0 Å². The summed E-state index contributed by atoms with van der Waals surface area (Å²) in [6, 6.07) is 11.3. The van der Waals surface area contributed by atoms with Crippen LogP contribution in [0.5, 0.6) is 0 Å². The number of nitrogens with two attached hydrogens (primary N) is 1. The quantitative estimate of drug-likeness (QED) is 0.621. The Labute approximate surface area is 145 Å². The van der Waals surface area contributed by atoms with Gasteiger partial charge >= 0.3 is 0 Å². The molecule has 0 saturated heterocycles. The van der Waals surface area contributed by atoms with Crippen molar-refractivity contribution in [2.45, 2.75) is 51.5 Å². The highest BCUT2D eigenvalue weighted by Gasteiger charge is 2.24. The third kappa shape index (κ3) is 4.15. The Morgan fingerprint density at radius 3 is 2.79 bits per heavy atom. The lowest BCUT2D eigenvalue weighted by atomic mass is 9.86. The topological polar surface area (TPSA) is 42.2 Å². The molecule has 1 unspecified atom stereocenters. The van der Waals surface area contributed by atoms with Crippen LogP contribution in [0.2, 0.25) is 0 Å². The first kappa shape index (κ1) is 17.0. The number of benzene rings is 1. The lowest BCUT2D eigenvalue weighted by molar-refractivity contribution is 0.185. The van der Waals surface area contributed by atoms with Crippen LogP contribution in [0.3, 0.4) is 0 Å². The van der Waals surface area contributed by atoms with Crippen LogP contribution in [0.25, 0.3) is 0 Å². The summed E-state index contributed by atoms with van der Waals surface area (Å²) in [5.41, 5.74) is 11.4. The van der Waals surface area contributed by atoms with Gasteiger partial charge in [-0.1, -0.05) is 19.1 Å². The second-order valence-electron chi connectivity index (χ2n) is 6.82. The van der Waals surface area contributed by atoms with Gasteiger partial charge < -0.3 is 10.6 Å². The molecule has 24 heavy (non-hydrogen) atoms. The number of fused-ring (bicyclic) bond motifs is 1. The van der Waals surface area contributed by atoms with E-state index in [9.17, 15) is 0 Å². The van der Waals surface area contributed by atoms with Crippen molar-refractivity contribution in [2.24, 2.45) is 0 Å². The number of nitrogens with zero attached hydrogens (tertiary/aromatic N) is 2. The first-order valence-electron chi connectivity index (χ1n) is 9.27. The number of nitrogen functional groups attached to an aromatic ring is 1. The summed E-state index contributed by atoms with van der Waals surface area (Å²) in [5.74, 6) is 0. The zero-order chi connectivity index (χ0) is 16.8. The molecule has 0 fully saturated rings. The molecule has 0 radical (unpaired) electrons.